The second-order valence-corrected chi connectivity index (χ2v) is 6.35. The zero-order chi connectivity index (χ0) is 13.3. The first-order chi connectivity index (χ1) is 9.24. The van der Waals surface area contributed by atoms with Gasteiger partial charge in [0.15, 0.2) is 0 Å². The maximum absolute atomic E-state index is 9.79. The largest absolute Gasteiger partial charge is 0.508 e. The van der Waals surface area contributed by atoms with Crippen molar-refractivity contribution in [3.63, 3.8) is 0 Å². The first-order valence-electron chi connectivity index (χ1n) is 7.76. The van der Waals surface area contributed by atoms with Crippen LogP contribution in [-0.2, 0) is 5.41 Å². The van der Waals surface area contributed by atoms with Crippen LogP contribution in [0.4, 0.5) is 0 Å². The first kappa shape index (κ1) is 13.0. The molecule has 1 aromatic carbocycles. The molecule has 2 heteroatoms. The summed E-state index contributed by atoms with van der Waals surface area (Å²) in [6.45, 7) is 5.99. The standard InChI is InChI=1S/C17H25NO/c1-2-10-18-11-9-17(8-4-6-15(17)13-18)14-5-3-7-16(19)12-14/h3,5,7,12,15,19H,2,4,6,8-11,13H2,1H3. The second-order valence-electron chi connectivity index (χ2n) is 6.35. The van der Waals surface area contributed by atoms with E-state index in [0.717, 1.165) is 5.92 Å². The van der Waals surface area contributed by atoms with E-state index in [2.05, 4.69) is 17.9 Å². The Labute approximate surface area is 116 Å². The summed E-state index contributed by atoms with van der Waals surface area (Å²) in [5.41, 5.74) is 1.73. The molecule has 0 bridgehead atoms. The average molecular weight is 259 g/mol. The van der Waals surface area contributed by atoms with Crippen molar-refractivity contribution in [2.45, 2.75) is 44.4 Å². The van der Waals surface area contributed by atoms with Crippen LogP contribution in [0, 0.1) is 5.92 Å². The lowest BCUT2D eigenvalue weighted by Gasteiger charge is -2.45. The van der Waals surface area contributed by atoms with E-state index < -0.39 is 0 Å². The molecule has 0 spiro atoms. The molecule has 0 aromatic heterocycles. The van der Waals surface area contributed by atoms with Crippen LogP contribution in [0.25, 0.3) is 0 Å². The van der Waals surface area contributed by atoms with Crippen LogP contribution in [0.2, 0.25) is 0 Å². The van der Waals surface area contributed by atoms with Crippen molar-refractivity contribution in [2.75, 3.05) is 19.6 Å². The Morgan fingerprint density at radius 1 is 1.37 bits per heavy atom. The summed E-state index contributed by atoms with van der Waals surface area (Å²) < 4.78 is 0. The zero-order valence-electron chi connectivity index (χ0n) is 11.9. The van der Waals surface area contributed by atoms with Gasteiger partial charge in [0.2, 0.25) is 0 Å². The van der Waals surface area contributed by atoms with Gasteiger partial charge in [0.1, 0.15) is 5.75 Å². The van der Waals surface area contributed by atoms with Crippen LogP contribution < -0.4 is 0 Å². The topological polar surface area (TPSA) is 23.5 Å². The van der Waals surface area contributed by atoms with E-state index >= 15 is 0 Å². The van der Waals surface area contributed by atoms with E-state index in [0.29, 0.717) is 11.2 Å². The van der Waals surface area contributed by atoms with Crippen molar-refractivity contribution in [1.82, 2.24) is 4.90 Å². The summed E-state index contributed by atoms with van der Waals surface area (Å²) in [7, 11) is 0. The lowest BCUT2D eigenvalue weighted by atomic mass is 9.67. The third-order valence-corrected chi connectivity index (χ3v) is 5.27. The van der Waals surface area contributed by atoms with E-state index in [1.54, 1.807) is 6.07 Å². The molecule has 1 saturated carbocycles. The number of phenolic OH excluding ortho intramolecular Hbond substituents is 1. The molecule has 2 nitrogen and oxygen atoms in total. The highest BCUT2D eigenvalue weighted by Crippen LogP contribution is 2.51. The predicted octanol–water partition coefficient (Wildman–Crippen LogP) is 3.55. The second kappa shape index (κ2) is 5.16. The lowest BCUT2D eigenvalue weighted by molar-refractivity contribution is 0.111. The first-order valence-corrected chi connectivity index (χ1v) is 7.76. The average Bonchev–Trinajstić information content (AvgIpc) is 2.83. The highest BCUT2D eigenvalue weighted by Gasteiger charge is 2.46. The number of hydrogen-bond donors (Lipinski definition) is 1. The monoisotopic (exact) mass is 259 g/mol. The maximum Gasteiger partial charge on any atom is 0.115 e. The van der Waals surface area contributed by atoms with Gasteiger partial charge in [-0.2, -0.15) is 0 Å². The minimum absolute atomic E-state index is 0.350. The molecule has 2 aliphatic rings. The molecule has 1 aliphatic heterocycles. The molecule has 2 fully saturated rings. The highest BCUT2D eigenvalue weighted by atomic mass is 16.3. The molecule has 2 atom stereocenters. The molecule has 3 rings (SSSR count). The number of phenols is 1. The number of benzene rings is 1. The van der Waals surface area contributed by atoms with Crippen molar-refractivity contribution < 1.29 is 5.11 Å². The lowest BCUT2D eigenvalue weighted by Crippen LogP contribution is -2.47. The molecular formula is C17H25NO. The zero-order valence-corrected chi connectivity index (χ0v) is 11.9. The van der Waals surface area contributed by atoms with Gasteiger partial charge in [-0.25, -0.2) is 0 Å². The summed E-state index contributed by atoms with van der Waals surface area (Å²) >= 11 is 0. The van der Waals surface area contributed by atoms with Gasteiger partial charge < -0.3 is 10.0 Å². The number of piperidine rings is 1. The van der Waals surface area contributed by atoms with E-state index in [4.69, 9.17) is 0 Å². The van der Waals surface area contributed by atoms with E-state index in [9.17, 15) is 5.11 Å². The van der Waals surface area contributed by atoms with Crippen LogP contribution in [0.15, 0.2) is 24.3 Å². The molecule has 19 heavy (non-hydrogen) atoms. The number of fused-ring (bicyclic) bond motifs is 1. The molecule has 2 unspecified atom stereocenters. The molecule has 0 amide bonds. The molecule has 1 saturated heterocycles. The summed E-state index contributed by atoms with van der Waals surface area (Å²) in [5.74, 6) is 1.21. The smallest absolute Gasteiger partial charge is 0.115 e. The van der Waals surface area contributed by atoms with Gasteiger partial charge in [-0.1, -0.05) is 25.5 Å². The van der Waals surface area contributed by atoms with Gasteiger partial charge in [-0.3, -0.25) is 0 Å². The number of nitrogens with zero attached hydrogens (tertiary/aromatic N) is 1. The minimum atomic E-state index is 0.350. The molecule has 1 aliphatic carbocycles. The molecule has 0 radical (unpaired) electrons. The van der Waals surface area contributed by atoms with Crippen molar-refractivity contribution >= 4 is 0 Å². The van der Waals surface area contributed by atoms with Gasteiger partial charge in [0, 0.05) is 12.0 Å². The van der Waals surface area contributed by atoms with Crippen LogP contribution in [0.5, 0.6) is 5.75 Å². The summed E-state index contributed by atoms with van der Waals surface area (Å²) in [6, 6.07) is 8.03. The fourth-order valence-corrected chi connectivity index (χ4v) is 4.36. The number of hydrogen-bond acceptors (Lipinski definition) is 2. The SMILES string of the molecule is CCCN1CCC2(c3cccc(O)c3)CCCC2C1. The van der Waals surface area contributed by atoms with Crippen molar-refractivity contribution in [3.05, 3.63) is 29.8 Å². The summed E-state index contributed by atoms with van der Waals surface area (Å²) in [4.78, 5) is 2.64. The van der Waals surface area contributed by atoms with Crippen LogP contribution in [0.1, 0.15) is 44.6 Å². The fourth-order valence-electron chi connectivity index (χ4n) is 4.36. The van der Waals surface area contributed by atoms with Crippen LogP contribution in [-0.4, -0.2) is 29.6 Å². The Bertz CT molecular complexity index is 445. The Morgan fingerprint density at radius 3 is 3.05 bits per heavy atom. The Hall–Kier alpha value is -1.02. The molecule has 1 aromatic rings. The third kappa shape index (κ3) is 2.27. The van der Waals surface area contributed by atoms with Crippen molar-refractivity contribution in [3.8, 4) is 5.75 Å². The predicted molar refractivity (Wildman–Crippen MR) is 78.5 cm³/mol. The third-order valence-electron chi connectivity index (χ3n) is 5.27. The van der Waals surface area contributed by atoms with Crippen LogP contribution >= 0.6 is 0 Å². The quantitative estimate of drug-likeness (QED) is 0.897. The van der Waals surface area contributed by atoms with E-state index in [-0.39, 0.29) is 0 Å². The highest BCUT2D eigenvalue weighted by molar-refractivity contribution is 5.35. The Morgan fingerprint density at radius 2 is 2.26 bits per heavy atom. The summed E-state index contributed by atoms with van der Waals surface area (Å²) in [6.07, 6.45) is 6.53. The van der Waals surface area contributed by atoms with Gasteiger partial charge in [-0.05, 0) is 62.4 Å². The van der Waals surface area contributed by atoms with E-state index in [1.807, 2.05) is 12.1 Å². The van der Waals surface area contributed by atoms with Crippen molar-refractivity contribution in [1.29, 1.82) is 0 Å². The fraction of sp³-hybridized carbons (Fsp3) is 0.647. The van der Waals surface area contributed by atoms with Gasteiger partial charge in [0.05, 0.1) is 0 Å². The Kier molecular flexibility index (Phi) is 3.53. The number of likely N-dealkylation sites (tertiary alicyclic amines) is 1. The van der Waals surface area contributed by atoms with Gasteiger partial charge in [0.25, 0.3) is 0 Å². The van der Waals surface area contributed by atoms with Crippen LogP contribution in [0.3, 0.4) is 0 Å². The minimum Gasteiger partial charge on any atom is -0.508 e. The molecule has 1 heterocycles. The molecule has 1 N–H and O–H groups in total. The maximum atomic E-state index is 9.79. The number of rotatable bonds is 3. The van der Waals surface area contributed by atoms with Crippen molar-refractivity contribution in [2.24, 2.45) is 5.92 Å². The molecular weight excluding hydrogens is 234 g/mol. The Balaban J connectivity index is 1.86. The van der Waals surface area contributed by atoms with Gasteiger partial charge in [-0.15, -0.1) is 0 Å². The van der Waals surface area contributed by atoms with E-state index in [1.165, 1.54) is 57.3 Å². The number of aromatic hydroxyl groups is 1. The molecule has 104 valence electrons. The summed E-state index contributed by atoms with van der Waals surface area (Å²) in [5, 5.41) is 9.79. The van der Waals surface area contributed by atoms with Gasteiger partial charge >= 0.3 is 0 Å². The normalized spacial score (nSPS) is 31.3.